The summed E-state index contributed by atoms with van der Waals surface area (Å²) in [4.78, 5) is 12.6. The Labute approximate surface area is 201 Å². The number of nitrogens with zero attached hydrogens (tertiary/aromatic N) is 1. The zero-order valence-electron chi connectivity index (χ0n) is 16.7. The average molecular weight is 514 g/mol. The Hall–Kier alpha value is -2.45. The summed E-state index contributed by atoms with van der Waals surface area (Å²) in [5, 5.41) is 3.55. The highest BCUT2D eigenvalue weighted by molar-refractivity contribution is 7.92. The molecule has 0 bridgehead atoms. The summed E-state index contributed by atoms with van der Waals surface area (Å²) >= 11 is 18.1. The summed E-state index contributed by atoms with van der Waals surface area (Å²) in [5.41, 5.74) is 0.214. The van der Waals surface area contributed by atoms with E-state index in [1.165, 1.54) is 30.3 Å². The van der Waals surface area contributed by atoms with E-state index in [1.54, 1.807) is 42.5 Å². The van der Waals surface area contributed by atoms with Crippen molar-refractivity contribution >= 4 is 56.4 Å². The fraction of sp³-hybridized carbons (Fsp3) is 0.136. The molecule has 1 N–H and O–H groups in total. The molecular formula is C22H19Cl3N2O4S. The minimum absolute atomic E-state index is 0.0425. The third-order valence-corrected chi connectivity index (χ3v) is 7.17. The van der Waals surface area contributed by atoms with Gasteiger partial charge in [0.15, 0.2) is 0 Å². The maximum Gasteiger partial charge on any atom is 0.264 e. The fourth-order valence-electron chi connectivity index (χ4n) is 2.77. The van der Waals surface area contributed by atoms with Gasteiger partial charge in [-0.05, 0) is 42.5 Å². The zero-order chi connectivity index (χ0) is 23.1. The number of nitrogens with one attached hydrogen (secondary N) is 1. The van der Waals surface area contributed by atoms with E-state index in [2.05, 4.69) is 5.32 Å². The second-order valence-corrected chi connectivity index (χ2v) is 9.64. The van der Waals surface area contributed by atoms with Crippen molar-refractivity contribution in [2.45, 2.75) is 4.90 Å². The second kappa shape index (κ2) is 10.9. The minimum Gasteiger partial charge on any atom is -0.490 e. The van der Waals surface area contributed by atoms with Crippen LogP contribution < -0.4 is 14.4 Å². The summed E-state index contributed by atoms with van der Waals surface area (Å²) in [5.74, 6) is -0.0224. The van der Waals surface area contributed by atoms with Crippen molar-refractivity contribution in [2.24, 2.45) is 0 Å². The molecule has 168 valence electrons. The van der Waals surface area contributed by atoms with Gasteiger partial charge in [-0.15, -0.1) is 0 Å². The molecule has 1 amide bonds. The van der Waals surface area contributed by atoms with Gasteiger partial charge in [-0.3, -0.25) is 9.10 Å². The third-order valence-electron chi connectivity index (χ3n) is 4.33. The maximum absolute atomic E-state index is 13.2. The molecule has 0 atom stereocenters. The Bertz CT molecular complexity index is 1190. The van der Waals surface area contributed by atoms with E-state index in [4.69, 9.17) is 39.5 Å². The molecule has 0 heterocycles. The maximum atomic E-state index is 13.2. The van der Waals surface area contributed by atoms with E-state index in [0.717, 1.165) is 4.31 Å². The molecule has 32 heavy (non-hydrogen) atoms. The van der Waals surface area contributed by atoms with Crippen molar-refractivity contribution in [3.8, 4) is 5.75 Å². The van der Waals surface area contributed by atoms with Gasteiger partial charge >= 0.3 is 0 Å². The smallest absolute Gasteiger partial charge is 0.264 e. The first-order valence-corrected chi connectivity index (χ1v) is 12.0. The molecule has 0 aromatic heterocycles. The van der Waals surface area contributed by atoms with Gasteiger partial charge in [0.1, 0.15) is 18.9 Å². The normalized spacial score (nSPS) is 11.1. The number of carbonyl (C=O) groups is 1. The largest absolute Gasteiger partial charge is 0.490 e. The lowest BCUT2D eigenvalue weighted by Crippen LogP contribution is -2.41. The SMILES string of the molecule is O=C(CN(c1ccc(Cl)c(Cl)c1)S(=O)(=O)c1ccccc1)NCCOc1ccccc1Cl. The lowest BCUT2D eigenvalue weighted by molar-refractivity contribution is -0.119. The van der Waals surface area contributed by atoms with E-state index in [9.17, 15) is 13.2 Å². The van der Waals surface area contributed by atoms with Crippen molar-refractivity contribution in [2.75, 3.05) is 24.0 Å². The molecule has 0 saturated heterocycles. The second-order valence-electron chi connectivity index (χ2n) is 6.55. The molecular weight excluding hydrogens is 495 g/mol. The topological polar surface area (TPSA) is 75.7 Å². The molecule has 0 aliphatic carbocycles. The van der Waals surface area contributed by atoms with Crippen LogP contribution >= 0.6 is 34.8 Å². The number of ether oxygens (including phenoxy) is 1. The van der Waals surface area contributed by atoms with Crippen molar-refractivity contribution in [3.05, 3.63) is 87.9 Å². The van der Waals surface area contributed by atoms with Crippen LogP contribution in [0, 0.1) is 0 Å². The molecule has 0 fully saturated rings. The van der Waals surface area contributed by atoms with Crippen LogP contribution in [0.1, 0.15) is 0 Å². The molecule has 3 rings (SSSR count). The zero-order valence-corrected chi connectivity index (χ0v) is 19.8. The molecule has 6 nitrogen and oxygen atoms in total. The first kappa shape index (κ1) is 24.2. The third kappa shape index (κ3) is 6.07. The molecule has 0 unspecified atom stereocenters. The van der Waals surface area contributed by atoms with Gasteiger partial charge in [-0.25, -0.2) is 8.42 Å². The van der Waals surface area contributed by atoms with E-state index in [1.807, 2.05) is 0 Å². The predicted molar refractivity (Wildman–Crippen MR) is 127 cm³/mol. The Morgan fingerprint density at radius 2 is 1.56 bits per heavy atom. The van der Waals surface area contributed by atoms with Crippen LogP contribution in [0.4, 0.5) is 5.69 Å². The number of halogens is 3. The van der Waals surface area contributed by atoms with Gasteiger partial charge in [-0.2, -0.15) is 0 Å². The quantitative estimate of drug-likeness (QED) is 0.407. The van der Waals surface area contributed by atoms with E-state index < -0.39 is 22.5 Å². The molecule has 0 aliphatic heterocycles. The minimum atomic E-state index is -4.04. The Morgan fingerprint density at radius 1 is 0.875 bits per heavy atom. The highest BCUT2D eigenvalue weighted by Gasteiger charge is 2.27. The highest BCUT2D eigenvalue weighted by Crippen LogP contribution is 2.30. The summed E-state index contributed by atoms with van der Waals surface area (Å²) in [6.07, 6.45) is 0. The number of rotatable bonds is 9. The Balaban J connectivity index is 1.73. The van der Waals surface area contributed by atoms with Crippen molar-refractivity contribution in [1.82, 2.24) is 5.32 Å². The molecule has 0 saturated carbocycles. The highest BCUT2D eigenvalue weighted by atomic mass is 35.5. The van der Waals surface area contributed by atoms with Crippen LogP contribution in [-0.2, 0) is 14.8 Å². The molecule has 0 aliphatic rings. The van der Waals surface area contributed by atoms with Crippen molar-refractivity contribution < 1.29 is 17.9 Å². The molecule has 0 radical (unpaired) electrons. The summed E-state index contributed by atoms with van der Waals surface area (Å²) in [6, 6.07) is 19.1. The number of hydrogen-bond donors (Lipinski definition) is 1. The summed E-state index contributed by atoms with van der Waals surface area (Å²) in [7, 11) is -4.04. The molecule has 10 heteroatoms. The van der Waals surface area contributed by atoms with Crippen molar-refractivity contribution in [1.29, 1.82) is 0 Å². The van der Waals surface area contributed by atoms with Crippen LogP contribution in [0.2, 0.25) is 15.1 Å². The number of benzene rings is 3. The molecule has 0 spiro atoms. The number of anilines is 1. The fourth-order valence-corrected chi connectivity index (χ4v) is 4.69. The first-order valence-electron chi connectivity index (χ1n) is 9.46. The van der Waals surface area contributed by atoms with Gasteiger partial charge in [0, 0.05) is 0 Å². The van der Waals surface area contributed by atoms with Gasteiger partial charge in [0.2, 0.25) is 5.91 Å². The van der Waals surface area contributed by atoms with E-state index in [-0.39, 0.29) is 33.8 Å². The number of sulfonamides is 1. The molecule has 3 aromatic carbocycles. The van der Waals surface area contributed by atoms with E-state index in [0.29, 0.717) is 10.8 Å². The van der Waals surface area contributed by atoms with Gasteiger partial charge in [0.05, 0.1) is 32.2 Å². The molecule has 3 aromatic rings. The van der Waals surface area contributed by atoms with Gasteiger partial charge < -0.3 is 10.1 Å². The lowest BCUT2D eigenvalue weighted by Gasteiger charge is -2.24. The Morgan fingerprint density at radius 3 is 2.25 bits per heavy atom. The van der Waals surface area contributed by atoms with Crippen LogP contribution in [0.15, 0.2) is 77.7 Å². The first-order chi connectivity index (χ1) is 15.3. The average Bonchev–Trinajstić information content (AvgIpc) is 2.78. The number of carbonyl (C=O) groups excluding carboxylic acids is 1. The van der Waals surface area contributed by atoms with Crippen LogP contribution in [0.5, 0.6) is 5.75 Å². The van der Waals surface area contributed by atoms with Gasteiger partial charge in [0.25, 0.3) is 10.0 Å². The van der Waals surface area contributed by atoms with E-state index >= 15 is 0 Å². The number of para-hydroxylation sites is 1. The Kier molecular flexibility index (Phi) is 8.26. The lowest BCUT2D eigenvalue weighted by atomic mass is 10.3. The van der Waals surface area contributed by atoms with Crippen LogP contribution in [0.3, 0.4) is 0 Å². The van der Waals surface area contributed by atoms with Crippen LogP contribution in [-0.4, -0.2) is 34.0 Å². The van der Waals surface area contributed by atoms with Gasteiger partial charge in [-0.1, -0.05) is 65.1 Å². The standard InChI is InChI=1S/C22H19Cl3N2O4S/c23-18-11-10-16(14-20(18)25)27(32(29,30)17-6-2-1-3-7-17)15-22(28)26-12-13-31-21-9-5-4-8-19(21)24/h1-11,14H,12-13,15H2,(H,26,28). The number of amides is 1. The summed E-state index contributed by atoms with van der Waals surface area (Å²) < 4.78 is 33.0. The number of hydrogen-bond acceptors (Lipinski definition) is 4. The van der Waals surface area contributed by atoms with Crippen molar-refractivity contribution in [3.63, 3.8) is 0 Å². The summed E-state index contributed by atoms with van der Waals surface area (Å²) in [6.45, 7) is -0.139. The monoisotopic (exact) mass is 512 g/mol. The predicted octanol–water partition coefficient (Wildman–Crippen LogP) is 5.04. The van der Waals surface area contributed by atoms with Crippen LogP contribution in [0.25, 0.3) is 0 Å².